The molecule has 1 amide bonds. The number of likely N-dealkylation sites (tertiary alicyclic amines) is 1. The number of hydrogen-bond acceptors (Lipinski definition) is 4. The zero-order valence-corrected chi connectivity index (χ0v) is 18.5. The summed E-state index contributed by atoms with van der Waals surface area (Å²) in [4.78, 5) is 15.0. The molecule has 1 N–H and O–H groups in total. The molecule has 31 heavy (non-hydrogen) atoms. The van der Waals surface area contributed by atoms with Crippen molar-refractivity contribution in [2.45, 2.75) is 69.7 Å². The average molecular weight is 422 g/mol. The van der Waals surface area contributed by atoms with Crippen LogP contribution in [0.15, 0.2) is 18.2 Å². The molecule has 4 aliphatic rings. The summed E-state index contributed by atoms with van der Waals surface area (Å²) in [5, 5.41) is 12.6. The molecule has 0 aromatic heterocycles. The summed E-state index contributed by atoms with van der Waals surface area (Å²) in [5.41, 5.74) is 1.97. The van der Waals surface area contributed by atoms with Crippen LogP contribution in [0, 0.1) is 29.1 Å². The highest BCUT2D eigenvalue weighted by atomic mass is 16.5. The average Bonchev–Trinajstić information content (AvgIpc) is 3.48. The number of carbonyl (C=O) groups excluding carboxylic acids is 1. The van der Waals surface area contributed by atoms with Gasteiger partial charge in [-0.15, -0.1) is 0 Å². The van der Waals surface area contributed by atoms with Gasteiger partial charge in [0.1, 0.15) is 5.75 Å². The molecule has 5 nitrogen and oxygen atoms in total. The summed E-state index contributed by atoms with van der Waals surface area (Å²) in [6.07, 6.45) is 10.7. The molecule has 5 heteroatoms. The first-order valence-corrected chi connectivity index (χ1v) is 12.4. The second-order valence-corrected chi connectivity index (χ2v) is 10.3. The summed E-state index contributed by atoms with van der Waals surface area (Å²) in [5.74, 6) is 3.41. The molecular weight excluding hydrogens is 386 g/mol. The lowest BCUT2D eigenvalue weighted by atomic mass is 9.84. The van der Waals surface area contributed by atoms with E-state index in [4.69, 9.17) is 4.74 Å². The van der Waals surface area contributed by atoms with Crippen molar-refractivity contribution in [3.63, 3.8) is 0 Å². The number of carbonyl (C=O) groups is 1. The fourth-order valence-electron chi connectivity index (χ4n) is 6.37. The maximum absolute atomic E-state index is 12.4. The van der Waals surface area contributed by atoms with Crippen molar-refractivity contribution in [1.82, 2.24) is 10.2 Å². The van der Waals surface area contributed by atoms with Crippen molar-refractivity contribution in [1.29, 1.82) is 5.26 Å². The zero-order chi connectivity index (χ0) is 21.2. The summed E-state index contributed by atoms with van der Waals surface area (Å²) < 4.78 is 5.99. The second-order valence-electron chi connectivity index (χ2n) is 10.3. The fourth-order valence-corrected chi connectivity index (χ4v) is 6.37. The van der Waals surface area contributed by atoms with Crippen molar-refractivity contribution >= 4 is 5.91 Å². The van der Waals surface area contributed by atoms with E-state index in [1.54, 1.807) is 0 Å². The van der Waals surface area contributed by atoms with E-state index in [1.807, 2.05) is 18.2 Å². The van der Waals surface area contributed by atoms with Crippen LogP contribution in [0.25, 0.3) is 0 Å². The maximum atomic E-state index is 12.4. The van der Waals surface area contributed by atoms with E-state index < -0.39 is 0 Å². The van der Waals surface area contributed by atoms with Gasteiger partial charge in [-0.3, -0.25) is 4.79 Å². The predicted octanol–water partition coefficient (Wildman–Crippen LogP) is 4.22. The minimum absolute atomic E-state index is 0.287. The predicted molar refractivity (Wildman–Crippen MR) is 120 cm³/mol. The van der Waals surface area contributed by atoms with Crippen LogP contribution in [0.4, 0.5) is 0 Å². The van der Waals surface area contributed by atoms with Gasteiger partial charge in [-0.25, -0.2) is 0 Å². The van der Waals surface area contributed by atoms with Crippen molar-refractivity contribution in [2.75, 3.05) is 26.2 Å². The smallest absolute Gasteiger partial charge is 0.223 e. The minimum Gasteiger partial charge on any atom is -0.493 e. The Labute approximate surface area is 186 Å². The highest BCUT2D eigenvalue weighted by Crippen LogP contribution is 2.42. The summed E-state index contributed by atoms with van der Waals surface area (Å²) in [7, 11) is 0. The minimum atomic E-state index is 0.287. The van der Waals surface area contributed by atoms with Crippen LogP contribution in [-0.2, 0) is 4.79 Å². The van der Waals surface area contributed by atoms with Crippen molar-refractivity contribution in [3.8, 4) is 11.8 Å². The molecule has 3 fully saturated rings. The number of amides is 1. The Hall–Kier alpha value is -2.06. The highest BCUT2D eigenvalue weighted by Gasteiger charge is 2.39. The van der Waals surface area contributed by atoms with Gasteiger partial charge in [0.15, 0.2) is 0 Å². The molecule has 2 heterocycles. The number of nitriles is 1. The first-order chi connectivity index (χ1) is 15.2. The van der Waals surface area contributed by atoms with Crippen LogP contribution in [0.3, 0.4) is 0 Å². The number of nitrogens with one attached hydrogen (secondary N) is 1. The summed E-state index contributed by atoms with van der Waals surface area (Å²) in [6.45, 7) is 4.15. The van der Waals surface area contributed by atoms with Gasteiger partial charge in [-0.1, -0.05) is 12.8 Å². The number of hydrogen-bond donors (Lipinski definition) is 1. The third-order valence-electron chi connectivity index (χ3n) is 8.28. The van der Waals surface area contributed by atoms with Crippen LogP contribution in [0.5, 0.6) is 5.75 Å². The molecule has 166 valence electrons. The number of ether oxygens (including phenoxy) is 1. The Kier molecular flexibility index (Phi) is 6.18. The molecule has 1 aromatic rings. The zero-order valence-electron chi connectivity index (χ0n) is 18.5. The lowest BCUT2D eigenvalue weighted by molar-refractivity contribution is -0.125. The Morgan fingerprint density at radius 1 is 1.13 bits per heavy atom. The highest BCUT2D eigenvalue weighted by molar-refractivity contribution is 5.79. The van der Waals surface area contributed by atoms with Crippen molar-refractivity contribution in [2.24, 2.45) is 17.8 Å². The molecule has 5 rings (SSSR count). The molecule has 0 unspecified atom stereocenters. The van der Waals surface area contributed by atoms with E-state index in [2.05, 4.69) is 16.3 Å². The van der Waals surface area contributed by atoms with Crippen molar-refractivity contribution in [3.05, 3.63) is 29.3 Å². The van der Waals surface area contributed by atoms with E-state index in [9.17, 15) is 10.1 Å². The van der Waals surface area contributed by atoms with Gasteiger partial charge in [-0.2, -0.15) is 5.26 Å². The van der Waals surface area contributed by atoms with Gasteiger partial charge in [-0.05, 0) is 75.6 Å². The molecule has 2 saturated carbocycles. The SMILES string of the molecule is N#Cc1ccc2c(c1)[C@@H]1CN(CCC3CCC(NC(=O)C4CCCC4)CC3)C[C@H]1CO2. The van der Waals surface area contributed by atoms with Gasteiger partial charge in [0.2, 0.25) is 5.91 Å². The quantitative estimate of drug-likeness (QED) is 0.773. The van der Waals surface area contributed by atoms with Crippen LogP contribution in [0.2, 0.25) is 0 Å². The van der Waals surface area contributed by atoms with Crippen LogP contribution >= 0.6 is 0 Å². The fraction of sp³-hybridized carbons (Fsp3) is 0.692. The summed E-state index contributed by atoms with van der Waals surface area (Å²) in [6, 6.07) is 8.54. The van der Waals surface area contributed by atoms with E-state index >= 15 is 0 Å². The third-order valence-corrected chi connectivity index (χ3v) is 8.28. The molecule has 2 aliphatic carbocycles. The largest absolute Gasteiger partial charge is 0.493 e. The van der Waals surface area contributed by atoms with E-state index in [1.165, 1.54) is 37.7 Å². The van der Waals surface area contributed by atoms with Crippen LogP contribution in [-0.4, -0.2) is 43.1 Å². The Morgan fingerprint density at radius 3 is 2.71 bits per heavy atom. The number of nitrogens with zero attached hydrogens (tertiary/aromatic N) is 2. The standard InChI is InChI=1S/C26H35N3O2/c27-14-19-7-10-25-23(13-19)24-16-29(15-21(24)17-31-25)12-11-18-5-8-22(9-6-18)28-26(30)20-3-1-2-4-20/h7,10,13,18,20-22,24H,1-6,8-9,11-12,15-17H2,(H,28,30)/t18?,21-,22?,24+/m0/s1. The normalized spacial score (nSPS) is 30.8. The first kappa shape index (κ1) is 20.8. The second kappa shape index (κ2) is 9.20. The molecule has 2 aliphatic heterocycles. The van der Waals surface area contributed by atoms with Gasteiger partial charge < -0.3 is 15.0 Å². The van der Waals surface area contributed by atoms with Gasteiger partial charge in [0.05, 0.1) is 18.2 Å². The van der Waals surface area contributed by atoms with Gasteiger partial charge in [0, 0.05) is 42.4 Å². The van der Waals surface area contributed by atoms with Crippen molar-refractivity contribution < 1.29 is 9.53 Å². The molecule has 0 spiro atoms. The molecule has 0 radical (unpaired) electrons. The van der Waals surface area contributed by atoms with E-state index in [0.717, 1.165) is 69.2 Å². The van der Waals surface area contributed by atoms with Crippen LogP contribution in [0.1, 0.15) is 74.8 Å². The monoisotopic (exact) mass is 421 g/mol. The maximum Gasteiger partial charge on any atom is 0.223 e. The number of rotatable bonds is 5. The molecular formula is C26H35N3O2. The summed E-state index contributed by atoms with van der Waals surface area (Å²) >= 11 is 0. The number of fused-ring (bicyclic) bond motifs is 3. The Morgan fingerprint density at radius 2 is 1.94 bits per heavy atom. The Balaban J connectivity index is 1.07. The first-order valence-electron chi connectivity index (χ1n) is 12.4. The molecule has 1 saturated heterocycles. The topological polar surface area (TPSA) is 65.4 Å². The third kappa shape index (κ3) is 4.60. The lowest BCUT2D eigenvalue weighted by Gasteiger charge is -2.31. The Bertz CT molecular complexity index is 834. The van der Waals surface area contributed by atoms with Gasteiger partial charge in [0.25, 0.3) is 0 Å². The van der Waals surface area contributed by atoms with Crippen LogP contribution < -0.4 is 10.1 Å². The number of benzene rings is 1. The molecule has 1 aromatic carbocycles. The van der Waals surface area contributed by atoms with Gasteiger partial charge >= 0.3 is 0 Å². The lowest BCUT2D eigenvalue weighted by Crippen LogP contribution is -2.40. The van der Waals surface area contributed by atoms with E-state index in [0.29, 0.717) is 23.8 Å². The molecule has 0 bridgehead atoms. The van der Waals surface area contributed by atoms with E-state index in [-0.39, 0.29) is 5.92 Å². The molecule has 2 atom stereocenters.